The predicted molar refractivity (Wildman–Crippen MR) is 70.8 cm³/mol. The zero-order valence-electron chi connectivity index (χ0n) is 8.84. The van der Waals surface area contributed by atoms with Crippen molar-refractivity contribution in [1.82, 2.24) is 4.98 Å². The van der Waals surface area contributed by atoms with E-state index in [9.17, 15) is 4.79 Å². The quantitative estimate of drug-likeness (QED) is 0.626. The van der Waals surface area contributed by atoms with E-state index in [1.165, 1.54) is 0 Å². The van der Waals surface area contributed by atoms with E-state index < -0.39 is 0 Å². The van der Waals surface area contributed by atoms with Crippen LogP contribution in [0.4, 0.5) is 0 Å². The van der Waals surface area contributed by atoms with Gasteiger partial charge in [0, 0.05) is 4.90 Å². The van der Waals surface area contributed by atoms with Gasteiger partial charge >= 0.3 is 0 Å². The molecule has 0 aliphatic carbocycles. The Morgan fingerprint density at radius 2 is 2.12 bits per heavy atom. The van der Waals surface area contributed by atoms with Gasteiger partial charge in [-0.1, -0.05) is 22.9 Å². The molecular formula is C11H8ClNO2S2. The van der Waals surface area contributed by atoms with Crippen molar-refractivity contribution in [2.75, 3.05) is 6.26 Å². The van der Waals surface area contributed by atoms with E-state index in [0.717, 1.165) is 16.2 Å². The molecule has 0 amide bonds. The minimum Gasteiger partial charge on any atom is -0.431 e. The molecule has 0 saturated heterocycles. The Hall–Kier alpha value is -1.04. The topological polar surface area (TPSA) is 39.2 Å². The Kier molecular flexibility index (Phi) is 4.04. The number of aromatic nitrogens is 1. The Balaban J connectivity index is 2.16. The number of ether oxygens (including phenoxy) is 1. The Morgan fingerprint density at radius 3 is 2.65 bits per heavy atom. The molecule has 0 spiro atoms. The fraction of sp³-hybridized carbons (Fsp3) is 0.0909. The molecule has 0 fully saturated rings. The van der Waals surface area contributed by atoms with E-state index in [1.807, 2.05) is 30.5 Å². The first-order valence-electron chi connectivity index (χ1n) is 4.66. The number of rotatable bonds is 4. The second kappa shape index (κ2) is 5.53. The van der Waals surface area contributed by atoms with Crippen molar-refractivity contribution in [2.24, 2.45) is 0 Å². The lowest BCUT2D eigenvalue weighted by molar-refractivity contribution is 0.112. The lowest BCUT2D eigenvalue weighted by atomic mass is 10.3. The van der Waals surface area contributed by atoms with E-state index in [2.05, 4.69) is 4.98 Å². The summed E-state index contributed by atoms with van der Waals surface area (Å²) < 4.78 is 5.50. The molecule has 1 aromatic carbocycles. The highest BCUT2D eigenvalue weighted by molar-refractivity contribution is 7.98. The molecule has 0 bridgehead atoms. The monoisotopic (exact) mass is 285 g/mol. The first-order chi connectivity index (χ1) is 8.22. The number of thioether (sulfide) groups is 1. The van der Waals surface area contributed by atoms with Crippen molar-refractivity contribution < 1.29 is 9.53 Å². The van der Waals surface area contributed by atoms with Gasteiger partial charge in [0.2, 0.25) is 0 Å². The number of halogens is 1. The van der Waals surface area contributed by atoms with Crippen LogP contribution >= 0.6 is 34.7 Å². The molecule has 0 radical (unpaired) electrons. The van der Waals surface area contributed by atoms with Crippen LogP contribution in [-0.4, -0.2) is 17.5 Å². The molecule has 2 aromatic rings. The van der Waals surface area contributed by atoms with Gasteiger partial charge in [0.15, 0.2) is 11.4 Å². The van der Waals surface area contributed by atoms with Gasteiger partial charge in [-0.3, -0.25) is 4.79 Å². The zero-order chi connectivity index (χ0) is 12.3. The maximum Gasteiger partial charge on any atom is 0.280 e. The van der Waals surface area contributed by atoms with Crippen molar-refractivity contribution >= 4 is 41.0 Å². The van der Waals surface area contributed by atoms with E-state index >= 15 is 0 Å². The molecule has 3 nitrogen and oxygen atoms in total. The average Bonchev–Trinajstić information content (AvgIpc) is 2.70. The van der Waals surface area contributed by atoms with Crippen molar-refractivity contribution in [3.63, 3.8) is 0 Å². The molecule has 0 N–H and O–H groups in total. The fourth-order valence-corrected chi connectivity index (χ4v) is 2.49. The molecule has 17 heavy (non-hydrogen) atoms. The van der Waals surface area contributed by atoms with Crippen molar-refractivity contribution in [3.8, 4) is 10.9 Å². The minimum atomic E-state index is 0.181. The van der Waals surface area contributed by atoms with Gasteiger partial charge in [-0.15, -0.1) is 11.8 Å². The van der Waals surface area contributed by atoms with Crippen molar-refractivity contribution in [1.29, 1.82) is 0 Å². The van der Waals surface area contributed by atoms with E-state index in [0.29, 0.717) is 22.1 Å². The molecular weight excluding hydrogens is 278 g/mol. The highest BCUT2D eigenvalue weighted by Crippen LogP contribution is 2.31. The Labute approximate surface area is 112 Å². The van der Waals surface area contributed by atoms with Crippen LogP contribution in [0.5, 0.6) is 10.9 Å². The van der Waals surface area contributed by atoms with Gasteiger partial charge in [0.05, 0.1) is 0 Å². The van der Waals surface area contributed by atoms with Crippen LogP contribution in [-0.2, 0) is 0 Å². The number of carbonyl (C=O) groups excluding carboxylic acids is 1. The van der Waals surface area contributed by atoms with Crippen LogP contribution in [0.1, 0.15) is 9.67 Å². The average molecular weight is 286 g/mol. The third kappa shape index (κ3) is 3.00. The number of hydrogen-bond acceptors (Lipinski definition) is 5. The second-order valence-electron chi connectivity index (χ2n) is 3.03. The van der Waals surface area contributed by atoms with Crippen LogP contribution in [0, 0.1) is 0 Å². The number of aldehydes is 1. The molecule has 0 aliphatic heterocycles. The highest BCUT2D eigenvalue weighted by Gasteiger charge is 2.09. The summed E-state index contributed by atoms with van der Waals surface area (Å²) in [6.45, 7) is 0. The molecule has 1 aromatic heterocycles. The van der Waals surface area contributed by atoms with Gasteiger partial charge in [0.25, 0.3) is 5.19 Å². The summed E-state index contributed by atoms with van der Waals surface area (Å²) >= 11 is 8.53. The molecule has 0 unspecified atom stereocenters. The summed E-state index contributed by atoms with van der Waals surface area (Å²) in [6.07, 6.45) is 2.68. The first kappa shape index (κ1) is 12.4. The van der Waals surface area contributed by atoms with Crippen LogP contribution in [0.25, 0.3) is 0 Å². The third-order valence-electron chi connectivity index (χ3n) is 1.96. The molecule has 0 aliphatic rings. The zero-order valence-corrected chi connectivity index (χ0v) is 11.2. The molecule has 6 heteroatoms. The van der Waals surface area contributed by atoms with Crippen LogP contribution < -0.4 is 4.74 Å². The maximum absolute atomic E-state index is 10.6. The number of carbonyl (C=O) groups is 1. The Bertz CT molecular complexity index is 525. The largest absolute Gasteiger partial charge is 0.431 e. The van der Waals surface area contributed by atoms with Gasteiger partial charge in [-0.2, -0.15) is 4.98 Å². The molecule has 88 valence electrons. The molecule has 2 rings (SSSR count). The van der Waals surface area contributed by atoms with Gasteiger partial charge in [0.1, 0.15) is 10.6 Å². The molecule has 0 saturated carbocycles. The van der Waals surface area contributed by atoms with E-state index in [-0.39, 0.29) is 5.15 Å². The maximum atomic E-state index is 10.6. The summed E-state index contributed by atoms with van der Waals surface area (Å²) in [5, 5.41) is 0.551. The smallest absolute Gasteiger partial charge is 0.280 e. The molecule has 0 atom stereocenters. The van der Waals surface area contributed by atoms with Crippen LogP contribution in [0.3, 0.4) is 0 Å². The van der Waals surface area contributed by atoms with Crippen LogP contribution in [0.2, 0.25) is 5.15 Å². The summed E-state index contributed by atoms with van der Waals surface area (Å²) in [6, 6.07) is 7.61. The normalized spacial score (nSPS) is 10.2. The Morgan fingerprint density at radius 1 is 1.41 bits per heavy atom. The van der Waals surface area contributed by atoms with E-state index in [4.69, 9.17) is 16.3 Å². The van der Waals surface area contributed by atoms with Gasteiger partial charge < -0.3 is 4.74 Å². The summed E-state index contributed by atoms with van der Waals surface area (Å²) in [4.78, 5) is 16.1. The third-order valence-corrected chi connectivity index (χ3v) is 3.96. The minimum absolute atomic E-state index is 0.181. The van der Waals surface area contributed by atoms with Crippen molar-refractivity contribution in [2.45, 2.75) is 4.90 Å². The van der Waals surface area contributed by atoms with Gasteiger partial charge in [-0.05, 0) is 30.5 Å². The summed E-state index contributed by atoms with van der Waals surface area (Å²) in [7, 11) is 0. The number of thiazole rings is 1. The van der Waals surface area contributed by atoms with E-state index in [1.54, 1.807) is 11.8 Å². The lowest BCUT2D eigenvalue weighted by Crippen LogP contribution is -1.82. The predicted octanol–water partition coefficient (Wildman–Crippen LogP) is 4.12. The van der Waals surface area contributed by atoms with Crippen LogP contribution in [0.15, 0.2) is 29.2 Å². The highest BCUT2D eigenvalue weighted by atomic mass is 35.5. The summed E-state index contributed by atoms with van der Waals surface area (Å²) in [5.74, 6) is 0.672. The standard InChI is InChI=1S/C11H8ClNO2S2/c1-16-8-4-2-7(3-5-8)15-11-13-10(12)9(6-14)17-11/h2-6H,1H3. The second-order valence-corrected chi connectivity index (χ2v) is 5.26. The molecule has 1 heterocycles. The summed E-state index contributed by atoms with van der Waals surface area (Å²) in [5.41, 5.74) is 0. The first-order valence-corrected chi connectivity index (χ1v) is 7.08. The lowest BCUT2D eigenvalue weighted by Gasteiger charge is -2.01. The number of benzene rings is 1. The number of hydrogen-bond donors (Lipinski definition) is 0. The fourth-order valence-electron chi connectivity index (χ4n) is 1.16. The number of nitrogens with zero attached hydrogens (tertiary/aromatic N) is 1. The van der Waals surface area contributed by atoms with Crippen molar-refractivity contribution in [3.05, 3.63) is 34.3 Å². The van der Waals surface area contributed by atoms with Gasteiger partial charge in [-0.25, -0.2) is 0 Å². The SMILES string of the molecule is CSc1ccc(Oc2nc(Cl)c(C=O)s2)cc1.